The lowest BCUT2D eigenvalue weighted by molar-refractivity contribution is 0.0992. The van der Waals surface area contributed by atoms with Gasteiger partial charge in [0.05, 0.1) is 0 Å². The van der Waals surface area contributed by atoms with Crippen LogP contribution in [0.2, 0.25) is 0 Å². The summed E-state index contributed by atoms with van der Waals surface area (Å²) in [5.74, 6) is 0.677. The van der Waals surface area contributed by atoms with Crippen LogP contribution >= 0.6 is 0 Å². The molecule has 2 nitrogen and oxygen atoms in total. The molecule has 21 heavy (non-hydrogen) atoms. The standard InChI is InChI=1S/C19H23NO/c1-14(2)16-9-7-15(8-10-16)13-19(21)18-6-4-3-5-17(18)11-12-20/h3-10,14H,11-13,20H2,1-2H3. The van der Waals surface area contributed by atoms with Crippen LogP contribution in [0, 0.1) is 0 Å². The van der Waals surface area contributed by atoms with Crippen molar-refractivity contribution in [3.63, 3.8) is 0 Å². The van der Waals surface area contributed by atoms with Gasteiger partial charge in [-0.1, -0.05) is 62.4 Å². The normalized spacial score (nSPS) is 10.9. The van der Waals surface area contributed by atoms with E-state index in [0.29, 0.717) is 18.9 Å². The maximum atomic E-state index is 12.5. The Bertz CT molecular complexity index is 599. The van der Waals surface area contributed by atoms with E-state index < -0.39 is 0 Å². The highest BCUT2D eigenvalue weighted by Gasteiger charge is 2.11. The molecule has 0 atom stereocenters. The summed E-state index contributed by atoms with van der Waals surface area (Å²) in [5.41, 5.74) is 9.83. The second-order valence-corrected chi connectivity index (χ2v) is 5.69. The van der Waals surface area contributed by atoms with E-state index in [1.807, 2.05) is 24.3 Å². The largest absolute Gasteiger partial charge is 0.330 e. The molecule has 0 saturated carbocycles. The molecular formula is C19H23NO. The summed E-state index contributed by atoms with van der Waals surface area (Å²) in [4.78, 5) is 12.5. The quantitative estimate of drug-likeness (QED) is 0.820. The van der Waals surface area contributed by atoms with E-state index >= 15 is 0 Å². The number of carbonyl (C=O) groups excluding carboxylic acids is 1. The SMILES string of the molecule is CC(C)c1ccc(CC(=O)c2ccccc2CCN)cc1. The number of hydrogen-bond acceptors (Lipinski definition) is 2. The van der Waals surface area contributed by atoms with Gasteiger partial charge in [-0.3, -0.25) is 4.79 Å². The van der Waals surface area contributed by atoms with Crippen LogP contribution in [0.4, 0.5) is 0 Å². The van der Waals surface area contributed by atoms with E-state index in [-0.39, 0.29) is 5.78 Å². The molecule has 0 bridgehead atoms. The highest BCUT2D eigenvalue weighted by atomic mass is 16.1. The Hall–Kier alpha value is -1.93. The number of rotatable bonds is 6. The van der Waals surface area contributed by atoms with Crippen molar-refractivity contribution in [2.45, 2.75) is 32.6 Å². The average Bonchev–Trinajstić information content (AvgIpc) is 2.48. The number of nitrogens with two attached hydrogens (primary N) is 1. The number of carbonyl (C=O) groups is 1. The average molecular weight is 281 g/mol. The number of benzene rings is 2. The minimum absolute atomic E-state index is 0.163. The summed E-state index contributed by atoms with van der Waals surface area (Å²) in [5, 5.41) is 0. The monoisotopic (exact) mass is 281 g/mol. The third-order valence-electron chi connectivity index (χ3n) is 3.74. The number of hydrogen-bond donors (Lipinski definition) is 1. The van der Waals surface area contributed by atoms with Crippen LogP contribution in [-0.4, -0.2) is 12.3 Å². The van der Waals surface area contributed by atoms with Crippen molar-refractivity contribution in [2.24, 2.45) is 5.73 Å². The third-order valence-corrected chi connectivity index (χ3v) is 3.74. The topological polar surface area (TPSA) is 43.1 Å². The Morgan fingerprint density at radius 3 is 2.33 bits per heavy atom. The Labute approximate surface area is 127 Å². The van der Waals surface area contributed by atoms with Crippen LogP contribution < -0.4 is 5.73 Å². The predicted octanol–water partition coefficient (Wildman–Crippen LogP) is 3.74. The molecule has 0 aliphatic rings. The van der Waals surface area contributed by atoms with Crippen molar-refractivity contribution in [1.29, 1.82) is 0 Å². The van der Waals surface area contributed by atoms with Crippen molar-refractivity contribution in [3.05, 3.63) is 70.8 Å². The van der Waals surface area contributed by atoms with Crippen molar-refractivity contribution < 1.29 is 4.79 Å². The second-order valence-electron chi connectivity index (χ2n) is 5.69. The summed E-state index contributed by atoms with van der Waals surface area (Å²) in [6, 6.07) is 16.1. The zero-order valence-corrected chi connectivity index (χ0v) is 12.8. The van der Waals surface area contributed by atoms with Gasteiger partial charge in [-0.05, 0) is 35.6 Å². The van der Waals surface area contributed by atoms with E-state index in [9.17, 15) is 4.79 Å². The second kappa shape index (κ2) is 7.19. The van der Waals surface area contributed by atoms with E-state index in [1.165, 1.54) is 5.56 Å². The van der Waals surface area contributed by atoms with Crippen LogP contribution in [0.1, 0.15) is 46.8 Å². The third kappa shape index (κ3) is 4.02. The first-order valence-corrected chi connectivity index (χ1v) is 7.52. The molecule has 2 rings (SSSR count). The molecule has 0 aliphatic heterocycles. The lowest BCUT2D eigenvalue weighted by Gasteiger charge is -2.09. The van der Waals surface area contributed by atoms with E-state index in [4.69, 9.17) is 5.73 Å². The Kier molecular flexibility index (Phi) is 5.29. The van der Waals surface area contributed by atoms with Crippen molar-refractivity contribution >= 4 is 5.78 Å². The van der Waals surface area contributed by atoms with Gasteiger partial charge in [-0.2, -0.15) is 0 Å². The molecule has 2 heteroatoms. The fourth-order valence-corrected chi connectivity index (χ4v) is 2.47. The molecule has 0 spiro atoms. The first-order valence-electron chi connectivity index (χ1n) is 7.52. The maximum absolute atomic E-state index is 12.5. The minimum Gasteiger partial charge on any atom is -0.330 e. The Morgan fingerprint density at radius 2 is 1.71 bits per heavy atom. The smallest absolute Gasteiger partial charge is 0.167 e. The van der Waals surface area contributed by atoms with Gasteiger partial charge in [0.2, 0.25) is 0 Å². The summed E-state index contributed by atoms with van der Waals surface area (Å²) < 4.78 is 0. The molecular weight excluding hydrogens is 258 g/mol. The zero-order chi connectivity index (χ0) is 15.2. The molecule has 0 amide bonds. The summed E-state index contributed by atoms with van der Waals surface area (Å²) in [7, 11) is 0. The van der Waals surface area contributed by atoms with Gasteiger partial charge in [0.25, 0.3) is 0 Å². The maximum Gasteiger partial charge on any atom is 0.167 e. The van der Waals surface area contributed by atoms with Gasteiger partial charge in [0.1, 0.15) is 0 Å². The van der Waals surface area contributed by atoms with Crippen LogP contribution in [0.5, 0.6) is 0 Å². The first-order chi connectivity index (χ1) is 10.1. The van der Waals surface area contributed by atoms with Crippen molar-refractivity contribution in [3.8, 4) is 0 Å². The molecule has 0 radical (unpaired) electrons. The summed E-state index contributed by atoms with van der Waals surface area (Å²) in [6.45, 7) is 4.90. The van der Waals surface area contributed by atoms with Gasteiger partial charge in [0, 0.05) is 12.0 Å². The number of Topliss-reactive ketones (excluding diaryl/α,β-unsaturated/α-hetero) is 1. The predicted molar refractivity (Wildman–Crippen MR) is 87.8 cm³/mol. The molecule has 0 saturated heterocycles. The van der Waals surface area contributed by atoms with Crippen molar-refractivity contribution in [2.75, 3.05) is 6.54 Å². The van der Waals surface area contributed by atoms with Gasteiger partial charge in [-0.15, -0.1) is 0 Å². The molecule has 0 aromatic heterocycles. The first kappa shape index (κ1) is 15.5. The molecule has 0 unspecified atom stereocenters. The van der Waals surface area contributed by atoms with Crippen LogP contribution in [0.25, 0.3) is 0 Å². The lowest BCUT2D eigenvalue weighted by atomic mass is 9.95. The van der Waals surface area contributed by atoms with Gasteiger partial charge in [0.15, 0.2) is 5.78 Å². The van der Waals surface area contributed by atoms with E-state index in [1.54, 1.807) is 0 Å². The fourth-order valence-electron chi connectivity index (χ4n) is 2.47. The van der Waals surface area contributed by atoms with Gasteiger partial charge < -0.3 is 5.73 Å². The Morgan fingerprint density at radius 1 is 1.05 bits per heavy atom. The minimum atomic E-state index is 0.163. The number of ketones is 1. The molecule has 2 N–H and O–H groups in total. The highest BCUT2D eigenvalue weighted by molar-refractivity contribution is 5.98. The van der Waals surface area contributed by atoms with Crippen LogP contribution in [-0.2, 0) is 12.8 Å². The summed E-state index contributed by atoms with van der Waals surface area (Å²) in [6.07, 6.45) is 1.19. The highest BCUT2D eigenvalue weighted by Crippen LogP contribution is 2.17. The van der Waals surface area contributed by atoms with Crippen LogP contribution in [0.15, 0.2) is 48.5 Å². The Balaban J connectivity index is 2.14. The zero-order valence-electron chi connectivity index (χ0n) is 12.8. The van der Waals surface area contributed by atoms with Crippen LogP contribution in [0.3, 0.4) is 0 Å². The van der Waals surface area contributed by atoms with Gasteiger partial charge >= 0.3 is 0 Å². The van der Waals surface area contributed by atoms with E-state index in [2.05, 4.69) is 38.1 Å². The molecule has 110 valence electrons. The molecule has 0 fully saturated rings. The van der Waals surface area contributed by atoms with Crippen molar-refractivity contribution in [1.82, 2.24) is 0 Å². The molecule has 0 heterocycles. The fraction of sp³-hybridized carbons (Fsp3) is 0.316. The van der Waals surface area contributed by atoms with E-state index in [0.717, 1.165) is 23.1 Å². The summed E-state index contributed by atoms with van der Waals surface area (Å²) >= 11 is 0. The molecule has 2 aromatic carbocycles. The lowest BCUT2D eigenvalue weighted by Crippen LogP contribution is -2.10. The van der Waals surface area contributed by atoms with Gasteiger partial charge in [-0.25, -0.2) is 0 Å². The molecule has 0 aliphatic carbocycles. The molecule has 2 aromatic rings.